The summed E-state index contributed by atoms with van der Waals surface area (Å²) in [6, 6.07) is 0. The third kappa shape index (κ3) is 12.5. The van der Waals surface area contributed by atoms with E-state index in [0.717, 1.165) is 100 Å². The summed E-state index contributed by atoms with van der Waals surface area (Å²) >= 11 is 0. The molecule has 0 aromatic carbocycles. The third-order valence-corrected chi connectivity index (χ3v) is 14.7. The SMILES string of the molecule is CC(C)CCCC(C)C1CCC2C3CC=C4CC(OC(=O)CCCC(=O)N(CCCCNCCC(C)(C)N)CCC(C)(C)N)CCC4(C)C3CCC12C. The standard InChI is InChI=1S/C46H84N4O3/c1-33(2)14-12-15-34(3)38-20-21-39-37-19-18-35-32-36(22-24-45(35,8)40(37)23-25-46(38,39)9)53-42(52)17-13-16-41(51)50(31-27-44(6,7)48)30-11-10-28-49-29-26-43(4,5)47/h18,33-34,36-40,49H,10-17,19-32,47-48H2,1-9H3. The van der Waals surface area contributed by atoms with Crippen LogP contribution < -0.4 is 16.8 Å². The summed E-state index contributed by atoms with van der Waals surface area (Å²) in [7, 11) is 0. The van der Waals surface area contributed by atoms with Gasteiger partial charge in [-0.3, -0.25) is 9.59 Å². The van der Waals surface area contributed by atoms with Gasteiger partial charge in [0.15, 0.2) is 0 Å². The van der Waals surface area contributed by atoms with E-state index in [4.69, 9.17) is 16.2 Å². The van der Waals surface area contributed by atoms with Crippen LogP contribution in [0.2, 0.25) is 0 Å². The van der Waals surface area contributed by atoms with Crippen molar-refractivity contribution in [1.29, 1.82) is 0 Å². The fourth-order valence-corrected chi connectivity index (χ4v) is 11.4. The topological polar surface area (TPSA) is 111 Å². The van der Waals surface area contributed by atoms with E-state index in [1.807, 2.05) is 32.6 Å². The largest absolute Gasteiger partial charge is 0.462 e. The number of amides is 1. The molecule has 53 heavy (non-hydrogen) atoms. The van der Waals surface area contributed by atoms with E-state index >= 15 is 0 Å². The van der Waals surface area contributed by atoms with Crippen LogP contribution in [0, 0.1) is 46.3 Å². The Morgan fingerprint density at radius 1 is 0.868 bits per heavy atom. The molecule has 0 radical (unpaired) electrons. The van der Waals surface area contributed by atoms with Gasteiger partial charge in [0, 0.05) is 43.4 Å². The molecule has 8 unspecified atom stereocenters. The molecule has 4 aliphatic carbocycles. The zero-order valence-electron chi connectivity index (χ0n) is 36.0. The molecule has 0 aromatic rings. The highest BCUT2D eigenvalue weighted by atomic mass is 16.5. The number of esters is 1. The van der Waals surface area contributed by atoms with Crippen LogP contribution in [0.5, 0.6) is 0 Å². The number of nitrogens with two attached hydrogens (primary N) is 2. The summed E-state index contributed by atoms with van der Waals surface area (Å²) in [6.07, 6.45) is 21.4. The van der Waals surface area contributed by atoms with Gasteiger partial charge < -0.3 is 26.4 Å². The molecule has 306 valence electrons. The molecule has 8 atom stereocenters. The van der Waals surface area contributed by atoms with E-state index in [0.29, 0.717) is 31.2 Å². The maximum Gasteiger partial charge on any atom is 0.306 e. The predicted octanol–water partition coefficient (Wildman–Crippen LogP) is 9.56. The molecule has 7 nitrogen and oxygen atoms in total. The fraction of sp³-hybridized carbons (Fsp3) is 0.913. The Morgan fingerprint density at radius 2 is 1.60 bits per heavy atom. The Balaban J connectivity index is 1.22. The van der Waals surface area contributed by atoms with E-state index in [1.54, 1.807) is 5.57 Å². The summed E-state index contributed by atoms with van der Waals surface area (Å²) in [5.74, 6) is 4.96. The number of unbranched alkanes of at least 4 members (excludes halogenated alkanes) is 1. The van der Waals surface area contributed by atoms with Crippen molar-refractivity contribution in [3.63, 3.8) is 0 Å². The minimum atomic E-state index is -0.327. The molecule has 5 N–H and O–H groups in total. The van der Waals surface area contributed by atoms with Gasteiger partial charge in [-0.2, -0.15) is 0 Å². The van der Waals surface area contributed by atoms with E-state index < -0.39 is 0 Å². The lowest BCUT2D eigenvalue weighted by molar-refractivity contribution is -0.151. The van der Waals surface area contributed by atoms with Crippen LogP contribution in [-0.4, -0.2) is 60.1 Å². The number of allylic oxidation sites excluding steroid dienone is 1. The van der Waals surface area contributed by atoms with E-state index in [1.165, 1.54) is 51.4 Å². The van der Waals surface area contributed by atoms with Crippen LogP contribution in [0.25, 0.3) is 0 Å². The van der Waals surface area contributed by atoms with Gasteiger partial charge in [0.2, 0.25) is 5.91 Å². The maximum absolute atomic E-state index is 13.3. The van der Waals surface area contributed by atoms with Crippen molar-refractivity contribution in [1.82, 2.24) is 10.2 Å². The van der Waals surface area contributed by atoms with Gasteiger partial charge in [0.1, 0.15) is 6.10 Å². The Kier molecular flexibility index (Phi) is 16.0. The molecule has 0 aliphatic heterocycles. The van der Waals surface area contributed by atoms with Crippen molar-refractivity contribution < 1.29 is 14.3 Å². The van der Waals surface area contributed by atoms with E-state index in [-0.39, 0.29) is 34.5 Å². The van der Waals surface area contributed by atoms with Crippen LogP contribution in [0.3, 0.4) is 0 Å². The first-order valence-electron chi connectivity index (χ1n) is 22.3. The maximum atomic E-state index is 13.3. The highest BCUT2D eigenvalue weighted by Gasteiger charge is 2.59. The molecular weight excluding hydrogens is 657 g/mol. The molecule has 3 saturated carbocycles. The second-order valence-corrected chi connectivity index (χ2v) is 20.8. The van der Waals surface area contributed by atoms with Crippen molar-refractivity contribution in [2.24, 2.45) is 57.8 Å². The van der Waals surface area contributed by atoms with Gasteiger partial charge in [0.25, 0.3) is 0 Å². The Hall–Kier alpha value is -1.44. The summed E-state index contributed by atoms with van der Waals surface area (Å²) in [5.41, 5.74) is 14.2. The zero-order valence-corrected chi connectivity index (χ0v) is 36.0. The predicted molar refractivity (Wildman–Crippen MR) is 221 cm³/mol. The van der Waals surface area contributed by atoms with Crippen molar-refractivity contribution in [3.05, 3.63) is 11.6 Å². The molecule has 0 aromatic heterocycles. The van der Waals surface area contributed by atoms with Crippen molar-refractivity contribution in [2.45, 2.75) is 195 Å². The normalized spacial score (nSPS) is 30.6. The monoisotopic (exact) mass is 741 g/mol. The van der Waals surface area contributed by atoms with Crippen LogP contribution in [0.15, 0.2) is 11.6 Å². The molecule has 4 rings (SSSR count). The van der Waals surface area contributed by atoms with E-state index in [2.05, 4.69) is 46.0 Å². The summed E-state index contributed by atoms with van der Waals surface area (Å²) in [6.45, 7) is 23.8. The van der Waals surface area contributed by atoms with Crippen LogP contribution in [-0.2, 0) is 14.3 Å². The van der Waals surface area contributed by atoms with Gasteiger partial charge in [0.05, 0.1) is 0 Å². The van der Waals surface area contributed by atoms with Crippen molar-refractivity contribution in [2.75, 3.05) is 26.2 Å². The first kappa shape index (κ1) is 44.3. The third-order valence-electron chi connectivity index (χ3n) is 14.7. The van der Waals surface area contributed by atoms with Crippen LogP contribution >= 0.6 is 0 Å². The van der Waals surface area contributed by atoms with Crippen LogP contribution in [0.4, 0.5) is 0 Å². The highest BCUT2D eigenvalue weighted by molar-refractivity contribution is 5.77. The molecule has 0 heterocycles. The molecule has 7 heteroatoms. The molecule has 0 spiro atoms. The van der Waals surface area contributed by atoms with Crippen molar-refractivity contribution >= 4 is 11.9 Å². The Morgan fingerprint density at radius 3 is 2.30 bits per heavy atom. The van der Waals surface area contributed by atoms with Gasteiger partial charge in [-0.15, -0.1) is 0 Å². The lowest BCUT2D eigenvalue weighted by atomic mass is 9.47. The number of nitrogens with one attached hydrogen (secondary N) is 1. The number of carbonyl (C=O) groups excluding carboxylic acids is 2. The van der Waals surface area contributed by atoms with Gasteiger partial charge in [-0.1, -0.05) is 65.5 Å². The smallest absolute Gasteiger partial charge is 0.306 e. The molecular formula is C46H84N4O3. The molecule has 1 amide bonds. The minimum absolute atomic E-state index is 0.0294. The van der Waals surface area contributed by atoms with Gasteiger partial charge in [-0.25, -0.2) is 0 Å². The van der Waals surface area contributed by atoms with Crippen LogP contribution in [0.1, 0.15) is 178 Å². The number of rotatable bonds is 21. The van der Waals surface area contributed by atoms with Gasteiger partial charge >= 0.3 is 5.97 Å². The summed E-state index contributed by atoms with van der Waals surface area (Å²) < 4.78 is 6.13. The Bertz CT molecular complexity index is 1200. The van der Waals surface area contributed by atoms with E-state index in [9.17, 15) is 9.59 Å². The quantitative estimate of drug-likeness (QED) is 0.0614. The average molecular weight is 741 g/mol. The zero-order chi connectivity index (χ0) is 39.0. The number of carbonyl (C=O) groups is 2. The number of ether oxygens (including phenoxy) is 1. The summed E-state index contributed by atoms with van der Waals surface area (Å²) in [5, 5.41) is 3.47. The first-order valence-corrected chi connectivity index (χ1v) is 22.3. The molecule has 0 saturated heterocycles. The lowest BCUT2D eigenvalue weighted by Gasteiger charge is -2.58. The average Bonchev–Trinajstić information content (AvgIpc) is 3.42. The fourth-order valence-electron chi connectivity index (χ4n) is 11.4. The minimum Gasteiger partial charge on any atom is -0.462 e. The molecule has 0 bridgehead atoms. The Labute approximate surface area is 326 Å². The summed E-state index contributed by atoms with van der Waals surface area (Å²) in [4.78, 5) is 28.4. The lowest BCUT2D eigenvalue weighted by Crippen LogP contribution is -2.51. The second-order valence-electron chi connectivity index (χ2n) is 20.8. The van der Waals surface area contributed by atoms with Gasteiger partial charge in [-0.05, 0) is 164 Å². The van der Waals surface area contributed by atoms with Crippen molar-refractivity contribution in [3.8, 4) is 0 Å². The highest BCUT2D eigenvalue weighted by Crippen LogP contribution is 2.67. The number of hydrogen-bond donors (Lipinski definition) is 3. The number of nitrogens with zero attached hydrogens (tertiary/aromatic N) is 1. The molecule has 4 aliphatic rings. The molecule has 3 fully saturated rings. The first-order chi connectivity index (χ1) is 24.8. The number of fused-ring (bicyclic) bond motifs is 5. The number of hydrogen-bond acceptors (Lipinski definition) is 6. The second kappa shape index (κ2) is 19.1.